The Kier molecular flexibility index (Phi) is 2.83. The summed E-state index contributed by atoms with van der Waals surface area (Å²) >= 11 is 0. The molecule has 1 aromatic carbocycles. The molecule has 1 aliphatic carbocycles. The average Bonchev–Trinajstić information content (AvgIpc) is 2.66. The summed E-state index contributed by atoms with van der Waals surface area (Å²) in [7, 11) is 0. The van der Waals surface area contributed by atoms with E-state index in [1.54, 1.807) is 0 Å². The molecule has 1 heteroatoms. The van der Waals surface area contributed by atoms with E-state index in [4.69, 9.17) is 5.73 Å². The van der Waals surface area contributed by atoms with Crippen LogP contribution in [0.5, 0.6) is 0 Å². The predicted molar refractivity (Wildman–Crippen MR) is 64.9 cm³/mol. The normalized spacial score (nSPS) is 19.4. The molecule has 82 valence electrons. The second-order valence-corrected chi connectivity index (χ2v) is 4.88. The van der Waals surface area contributed by atoms with E-state index in [9.17, 15) is 0 Å². The van der Waals surface area contributed by atoms with Crippen LogP contribution in [-0.4, -0.2) is 0 Å². The lowest BCUT2D eigenvalue weighted by Gasteiger charge is -2.27. The lowest BCUT2D eigenvalue weighted by atomic mass is 9.84. The molecule has 2 rings (SSSR count). The van der Waals surface area contributed by atoms with Crippen LogP contribution >= 0.6 is 0 Å². The third-order valence-electron chi connectivity index (χ3n) is 3.68. The van der Waals surface area contributed by atoms with Crippen molar-refractivity contribution in [2.24, 2.45) is 5.73 Å². The molecule has 1 aliphatic rings. The number of hydrogen-bond donors (Lipinski definition) is 1. The van der Waals surface area contributed by atoms with Crippen molar-refractivity contribution >= 4 is 0 Å². The molecule has 1 nitrogen and oxygen atoms in total. The minimum atomic E-state index is -0.0304. The van der Waals surface area contributed by atoms with Gasteiger partial charge in [0.25, 0.3) is 0 Å². The largest absolute Gasteiger partial charge is 0.321 e. The van der Waals surface area contributed by atoms with Crippen molar-refractivity contribution in [3.05, 3.63) is 34.9 Å². The topological polar surface area (TPSA) is 26.0 Å². The van der Waals surface area contributed by atoms with Gasteiger partial charge in [-0.25, -0.2) is 0 Å². The molecule has 0 atom stereocenters. The smallest absolute Gasteiger partial charge is 0.0412 e. The van der Waals surface area contributed by atoms with Crippen LogP contribution in [0.4, 0.5) is 0 Å². The van der Waals surface area contributed by atoms with E-state index >= 15 is 0 Å². The maximum Gasteiger partial charge on any atom is 0.0412 e. The zero-order chi connectivity index (χ0) is 10.9. The maximum absolute atomic E-state index is 6.53. The van der Waals surface area contributed by atoms with E-state index in [0.717, 1.165) is 19.3 Å². The molecule has 0 radical (unpaired) electrons. The van der Waals surface area contributed by atoms with E-state index in [1.807, 2.05) is 0 Å². The first-order valence-corrected chi connectivity index (χ1v) is 6.04. The molecular formula is C14H21N. The van der Waals surface area contributed by atoms with Crippen LogP contribution in [0.15, 0.2) is 18.2 Å². The van der Waals surface area contributed by atoms with Crippen LogP contribution in [0.25, 0.3) is 0 Å². The Labute approximate surface area is 92.7 Å². The van der Waals surface area contributed by atoms with Crippen molar-refractivity contribution in [1.82, 2.24) is 0 Å². The summed E-state index contributed by atoms with van der Waals surface area (Å²) < 4.78 is 0. The summed E-state index contributed by atoms with van der Waals surface area (Å²) in [6.07, 6.45) is 5.97. The van der Waals surface area contributed by atoms with Crippen LogP contribution in [0, 0.1) is 6.92 Å². The SMILES string of the molecule is CCc1ccc(C)cc1C1(N)CCCC1. The lowest BCUT2D eigenvalue weighted by molar-refractivity contribution is 0.457. The van der Waals surface area contributed by atoms with E-state index in [1.165, 1.54) is 29.5 Å². The summed E-state index contributed by atoms with van der Waals surface area (Å²) in [6.45, 7) is 4.37. The zero-order valence-corrected chi connectivity index (χ0v) is 9.84. The quantitative estimate of drug-likeness (QED) is 0.784. The van der Waals surface area contributed by atoms with Gasteiger partial charge in [-0.2, -0.15) is 0 Å². The van der Waals surface area contributed by atoms with Crippen molar-refractivity contribution in [1.29, 1.82) is 0 Å². The van der Waals surface area contributed by atoms with Crippen LogP contribution in [0.3, 0.4) is 0 Å². The first kappa shape index (κ1) is 10.7. The molecule has 15 heavy (non-hydrogen) atoms. The number of nitrogens with two attached hydrogens (primary N) is 1. The highest BCUT2D eigenvalue weighted by atomic mass is 14.8. The fourth-order valence-electron chi connectivity index (χ4n) is 2.74. The van der Waals surface area contributed by atoms with Gasteiger partial charge in [0, 0.05) is 5.54 Å². The number of aryl methyl sites for hydroxylation is 2. The number of benzene rings is 1. The van der Waals surface area contributed by atoms with Crippen LogP contribution in [-0.2, 0) is 12.0 Å². The molecule has 0 aromatic heterocycles. The standard InChI is InChI=1S/C14H21N/c1-3-12-7-6-11(2)10-13(12)14(15)8-4-5-9-14/h6-7,10H,3-5,8-9,15H2,1-2H3. The highest BCUT2D eigenvalue weighted by Gasteiger charge is 2.32. The van der Waals surface area contributed by atoms with Crippen molar-refractivity contribution in [3.8, 4) is 0 Å². The second-order valence-electron chi connectivity index (χ2n) is 4.88. The minimum absolute atomic E-state index is 0.0304. The van der Waals surface area contributed by atoms with E-state index in [2.05, 4.69) is 32.0 Å². The molecule has 0 bridgehead atoms. The first-order valence-electron chi connectivity index (χ1n) is 6.04. The van der Waals surface area contributed by atoms with Gasteiger partial charge in [-0.05, 0) is 37.3 Å². The van der Waals surface area contributed by atoms with Crippen LogP contribution in [0.2, 0.25) is 0 Å². The molecular weight excluding hydrogens is 182 g/mol. The fraction of sp³-hybridized carbons (Fsp3) is 0.571. The zero-order valence-electron chi connectivity index (χ0n) is 9.84. The third-order valence-corrected chi connectivity index (χ3v) is 3.68. The van der Waals surface area contributed by atoms with Gasteiger partial charge in [-0.15, -0.1) is 0 Å². The summed E-state index contributed by atoms with van der Waals surface area (Å²) in [5.74, 6) is 0. The average molecular weight is 203 g/mol. The Balaban J connectivity index is 2.44. The van der Waals surface area contributed by atoms with E-state index in [0.29, 0.717) is 0 Å². The van der Waals surface area contributed by atoms with Crippen molar-refractivity contribution in [2.45, 2.75) is 51.5 Å². The fourth-order valence-corrected chi connectivity index (χ4v) is 2.74. The third kappa shape index (κ3) is 1.93. The van der Waals surface area contributed by atoms with Crippen LogP contribution < -0.4 is 5.73 Å². The molecule has 0 heterocycles. The summed E-state index contributed by atoms with van der Waals surface area (Å²) in [5.41, 5.74) is 10.7. The Morgan fingerprint density at radius 3 is 2.53 bits per heavy atom. The van der Waals surface area contributed by atoms with Gasteiger partial charge in [0.15, 0.2) is 0 Å². The highest BCUT2D eigenvalue weighted by Crippen LogP contribution is 2.38. The summed E-state index contributed by atoms with van der Waals surface area (Å²) in [4.78, 5) is 0. The molecule has 0 saturated heterocycles. The van der Waals surface area contributed by atoms with Crippen LogP contribution in [0.1, 0.15) is 49.3 Å². The van der Waals surface area contributed by atoms with Gasteiger partial charge >= 0.3 is 0 Å². The molecule has 2 N–H and O–H groups in total. The molecule has 1 aromatic rings. The Bertz CT molecular complexity index is 348. The van der Waals surface area contributed by atoms with Crippen molar-refractivity contribution < 1.29 is 0 Å². The highest BCUT2D eigenvalue weighted by molar-refractivity contribution is 5.37. The van der Waals surface area contributed by atoms with E-state index in [-0.39, 0.29) is 5.54 Å². The van der Waals surface area contributed by atoms with Gasteiger partial charge < -0.3 is 5.73 Å². The van der Waals surface area contributed by atoms with Gasteiger partial charge in [-0.3, -0.25) is 0 Å². The van der Waals surface area contributed by atoms with Gasteiger partial charge in [0.2, 0.25) is 0 Å². The Morgan fingerprint density at radius 2 is 1.93 bits per heavy atom. The Morgan fingerprint density at radius 1 is 1.27 bits per heavy atom. The lowest BCUT2D eigenvalue weighted by Crippen LogP contribution is -2.34. The van der Waals surface area contributed by atoms with Crippen molar-refractivity contribution in [2.75, 3.05) is 0 Å². The first-order chi connectivity index (χ1) is 7.15. The molecule has 1 fully saturated rings. The van der Waals surface area contributed by atoms with Gasteiger partial charge in [-0.1, -0.05) is 43.5 Å². The van der Waals surface area contributed by atoms with Crippen molar-refractivity contribution in [3.63, 3.8) is 0 Å². The van der Waals surface area contributed by atoms with E-state index < -0.39 is 0 Å². The molecule has 0 unspecified atom stereocenters. The predicted octanol–water partition coefficient (Wildman–Crippen LogP) is 3.29. The molecule has 0 spiro atoms. The molecule has 0 amide bonds. The minimum Gasteiger partial charge on any atom is -0.321 e. The monoisotopic (exact) mass is 203 g/mol. The maximum atomic E-state index is 6.53. The number of hydrogen-bond acceptors (Lipinski definition) is 1. The molecule has 0 aliphatic heterocycles. The second kappa shape index (κ2) is 3.97. The Hall–Kier alpha value is -0.820. The van der Waals surface area contributed by atoms with Gasteiger partial charge in [0.1, 0.15) is 0 Å². The summed E-state index contributed by atoms with van der Waals surface area (Å²) in [6, 6.07) is 6.74. The number of rotatable bonds is 2. The van der Waals surface area contributed by atoms with Gasteiger partial charge in [0.05, 0.1) is 0 Å². The molecule has 1 saturated carbocycles. The summed E-state index contributed by atoms with van der Waals surface area (Å²) in [5, 5.41) is 0.